The van der Waals surface area contributed by atoms with E-state index in [0.717, 1.165) is 12.1 Å². The standard InChI is InChI=1S/C17H17BN2O4/c21-11-14-9-12(4-5-15(14)18(23)24)17(22)20-8-6-13(10-20)16-3-1-2-7-19-16/h1-5,7,9,11,13,23-24H,6,8,10H2. The van der Waals surface area contributed by atoms with E-state index < -0.39 is 7.12 Å². The van der Waals surface area contributed by atoms with Crippen LogP contribution in [0.25, 0.3) is 0 Å². The Morgan fingerprint density at radius 3 is 2.79 bits per heavy atom. The summed E-state index contributed by atoms with van der Waals surface area (Å²) < 4.78 is 0. The molecule has 1 atom stereocenters. The predicted molar refractivity (Wildman–Crippen MR) is 89.2 cm³/mol. The summed E-state index contributed by atoms with van der Waals surface area (Å²) in [5, 5.41) is 18.5. The number of nitrogens with zero attached hydrogens (tertiary/aromatic N) is 2. The van der Waals surface area contributed by atoms with E-state index in [2.05, 4.69) is 4.98 Å². The first-order valence-electron chi connectivity index (χ1n) is 7.75. The van der Waals surface area contributed by atoms with Crippen LogP contribution in [0.5, 0.6) is 0 Å². The Kier molecular flexibility index (Phi) is 4.73. The van der Waals surface area contributed by atoms with Crippen molar-refractivity contribution in [3.8, 4) is 0 Å². The lowest BCUT2D eigenvalue weighted by molar-refractivity contribution is 0.0790. The Balaban J connectivity index is 1.77. The summed E-state index contributed by atoms with van der Waals surface area (Å²) in [4.78, 5) is 29.8. The lowest BCUT2D eigenvalue weighted by Gasteiger charge is -2.17. The molecule has 0 bridgehead atoms. The monoisotopic (exact) mass is 324 g/mol. The molecule has 3 rings (SSSR count). The van der Waals surface area contributed by atoms with Gasteiger partial charge in [0, 0.05) is 42.0 Å². The maximum atomic E-state index is 12.6. The number of hydrogen-bond acceptors (Lipinski definition) is 5. The largest absolute Gasteiger partial charge is 0.489 e. The predicted octanol–water partition coefficient (Wildman–Crippen LogP) is 0.204. The number of amides is 1. The van der Waals surface area contributed by atoms with Crippen molar-refractivity contribution >= 4 is 24.8 Å². The van der Waals surface area contributed by atoms with Gasteiger partial charge < -0.3 is 14.9 Å². The van der Waals surface area contributed by atoms with Crippen molar-refractivity contribution < 1.29 is 19.6 Å². The molecule has 6 nitrogen and oxygen atoms in total. The van der Waals surface area contributed by atoms with Crippen molar-refractivity contribution in [1.82, 2.24) is 9.88 Å². The Labute approximate surface area is 139 Å². The second kappa shape index (κ2) is 6.94. The van der Waals surface area contributed by atoms with Crippen molar-refractivity contribution in [2.45, 2.75) is 12.3 Å². The van der Waals surface area contributed by atoms with Gasteiger partial charge in [-0.3, -0.25) is 14.6 Å². The molecule has 1 unspecified atom stereocenters. The molecule has 1 aliphatic rings. The topological polar surface area (TPSA) is 90.7 Å². The Morgan fingerprint density at radius 1 is 1.29 bits per heavy atom. The second-order valence-corrected chi connectivity index (χ2v) is 5.83. The lowest BCUT2D eigenvalue weighted by Crippen LogP contribution is -2.34. The van der Waals surface area contributed by atoms with Crippen LogP contribution in [-0.4, -0.2) is 52.3 Å². The summed E-state index contributed by atoms with van der Waals surface area (Å²) in [6.07, 6.45) is 3.11. The summed E-state index contributed by atoms with van der Waals surface area (Å²) >= 11 is 0. The molecule has 0 saturated carbocycles. The number of carbonyl (C=O) groups is 2. The summed E-state index contributed by atoms with van der Waals surface area (Å²) in [6, 6.07) is 10.1. The summed E-state index contributed by atoms with van der Waals surface area (Å²) in [7, 11) is -1.74. The Hall–Kier alpha value is -2.51. The van der Waals surface area contributed by atoms with Crippen LogP contribution in [-0.2, 0) is 0 Å². The maximum Gasteiger partial charge on any atom is 0.489 e. The van der Waals surface area contributed by atoms with Crippen molar-refractivity contribution in [1.29, 1.82) is 0 Å². The first-order valence-corrected chi connectivity index (χ1v) is 7.75. The molecule has 122 valence electrons. The number of aromatic nitrogens is 1. The maximum absolute atomic E-state index is 12.6. The van der Waals surface area contributed by atoms with E-state index in [-0.39, 0.29) is 22.9 Å². The first-order chi connectivity index (χ1) is 11.6. The number of benzene rings is 1. The van der Waals surface area contributed by atoms with Gasteiger partial charge in [0.05, 0.1) is 0 Å². The molecular formula is C17H17BN2O4. The van der Waals surface area contributed by atoms with Crippen molar-refractivity contribution in [2.75, 3.05) is 13.1 Å². The van der Waals surface area contributed by atoms with Gasteiger partial charge in [0.1, 0.15) is 6.29 Å². The van der Waals surface area contributed by atoms with Gasteiger partial charge in [0.25, 0.3) is 5.91 Å². The minimum atomic E-state index is -1.74. The zero-order valence-corrected chi connectivity index (χ0v) is 13.0. The molecule has 0 spiro atoms. The first kappa shape index (κ1) is 16.4. The molecule has 7 heteroatoms. The van der Waals surface area contributed by atoms with Crippen LogP contribution in [0, 0.1) is 0 Å². The van der Waals surface area contributed by atoms with E-state index in [0.29, 0.717) is 24.9 Å². The number of carbonyl (C=O) groups excluding carboxylic acids is 2. The quantitative estimate of drug-likeness (QED) is 0.619. The van der Waals surface area contributed by atoms with Gasteiger partial charge in [0.2, 0.25) is 0 Å². The molecule has 2 N–H and O–H groups in total. The van der Waals surface area contributed by atoms with Crippen LogP contribution in [0.1, 0.15) is 38.7 Å². The average Bonchev–Trinajstić information content (AvgIpc) is 3.11. The van der Waals surface area contributed by atoms with E-state index in [9.17, 15) is 19.6 Å². The third-order valence-corrected chi connectivity index (χ3v) is 4.32. The van der Waals surface area contributed by atoms with Crippen LogP contribution in [0.15, 0.2) is 42.6 Å². The molecule has 1 aliphatic heterocycles. The summed E-state index contributed by atoms with van der Waals surface area (Å²) in [5.41, 5.74) is 1.54. The van der Waals surface area contributed by atoms with E-state index in [1.54, 1.807) is 11.1 Å². The number of hydrogen-bond donors (Lipinski definition) is 2. The molecule has 1 fully saturated rings. The highest BCUT2D eigenvalue weighted by Crippen LogP contribution is 2.26. The van der Waals surface area contributed by atoms with Crippen molar-refractivity contribution in [3.05, 3.63) is 59.4 Å². The van der Waals surface area contributed by atoms with Crippen molar-refractivity contribution in [3.63, 3.8) is 0 Å². The van der Waals surface area contributed by atoms with Gasteiger partial charge in [-0.2, -0.15) is 0 Å². The fourth-order valence-corrected chi connectivity index (χ4v) is 3.03. The van der Waals surface area contributed by atoms with Gasteiger partial charge >= 0.3 is 7.12 Å². The van der Waals surface area contributed by atoms with Gasteiger partial charge in [0.15, 0.2) is 0 Å². The van der Waals surface area contributed by atoms with E-state index >= 15 is 0 Å². The number of aldehydes is 1. The van der Waals surface area contributed by atoms with Crippen LogP contribution in [0.3, 0.4) is 0 Å². The normalized spacial score (nSPS) is 16.9. The number of pyridine rings is 1. The average molecular weight is 324 g/mol. The second-order valence-electron chi connectivity index (χ2n) is 5.83. The molecule has 1 amide bonds. The molecular weight excluding hydrogens is 307 g/mol. The van der Waals surface area contributed by atoms with Gasteiger partial charge in [-0.25, -0.2) is 0 Å². The summed E-state index contributed by atoms with van der Waals surface area (Å²) in [6.45, 7) is 1.21. The SMILES string of the molecule is O=Cc1cc(C(=O)N2CCC(c3ccccn3)C2)ccc1B(O)O. The highest BCUT2D eigenvalue weighted by atomic mass is 16.4. The molecule has 24 heavy (non-hydrogen) atoms. The van der Waals surface area contributed by atoms with E-state index in [1.807, 2.05) is 18.2 Å². The molecule has 0 aliphatic carbocycles. The Bertz CT molecular complexity index is 752. The molecule has 1 aromatic carbocycles. The van der Waals surface area contributed by atoms with Crippen LogP contribution in [0.2, 0.25) is 0 Å². The van der Waals surface area contributed by atoms with E-state index in [1.165, 1.54) is 18.2 Å². The van der Waals surface area contributed by atoms with Crippen LogP contribution >= 0.6 is 0 Å². The van der Waals surface area contributed by atoms with E-state index in [4.69, 9.17) is 0 Å². The lowest BCUT2D eigenvalue weighted by atomic mass is 9.77. The number of rotatable bonds is 4. The fraction of sp³-hybridized carbons (Fsp3) is 0.235. The highest BCUT2D eigenvalue weighted by molar-refractivity contribution is 6.60. The van der Waals surface area contributed by atoms with Gasteiger partial charge in [-0.05, 0) is 36.1 Å². The Morgan fingerprint density at radius 2 is 2.12 bits per heavy atom. The third kappa shape index (κ3) is 3.22. The van der Waals surface area contributed by atoms with Crippen molar-refractivity contribution in [2.24, 2.45) is 0 Å². The minimum Gasteiger partial charge on any atom is -0.423 e. The smallest absolute Gasteiger partial charge is 0.423 e. The minimum absolute atomic E-state index is 0.0920. The molecule has 1 saturated heterocycles. The van der Waals surface area contributed by atoms with Crippen LogP contribution in [0.4, 0.5) is 0 Å². The molecule has 2 heterocycles. The fourth-order valence-electron chi connectivity index (χ4n) is 3.03. The third-order valence-electron chi connectivity index (χ3n) is 4.32. The zero-order chi connectivity index (χ0) is 17.1. The number of likely N-dealkylation sites (tertiary alicyclic amines) is 1. The zero-order valence-electron chi connectivity index (χ0n) is 13.0. The highest BCUT2D eigenvalue weighted by Gasteiger charge is 2.29. The molecule has 0 radical (unpaired) electrons. The molecule has 1 aromatic heterocycles. The van der Waals surface area contributed by atoms with Gasteiger partial charge in [-0.15, -0.1) is 0 Å². The summed E-state index contributed by atoms with van der Waals surface area (Å²) in [5.74, 6) is 0.0368. The van der Waals surface area contributed by atoms with Gasteiger partial charge in [-0.1, -0.05) is 12.1 Å². The molecule has 2 aromatic rings. The van der Waals surface area contributed by atoms with Crippen LogP contribution < -0.4 is 5.46 Å².